The second-order valence-electron chi connectivity index (χ2n) is 6.28. The highest BCUT2D eigenvalue weighted by atomic mass is 14.3. The monoisotopic (exact) mass is 288 g/mol. The molecule has 0 saturated carbocycles. The largest absolute Gasteiger partial charge is 0.0955 e. The first-order valence-corrected chi connectivity index (χ1v) is 8.27. The van der Waals surface area contributed by atoms with Gasteiger partial charge >= 0.3 is 0 Å². The van der Waals surface area contributed by atoms with E-state index in [0.717, 1.165) is 5.57 Å². The van der Waals surface area contributed by atoms with Gasteiger partial charge in [-0.2, -0.15) is 0 Å². The molecule has 1 atom stereocenters. The van der Waals surface area contributed by atoms with E-state index in [4.69, 9.17) is 0 Å². The van der Waals surface area contributed by atoms with E-state index in [1.165, 1.54) is 47.1 Å². The summed E-state index contributed by atoms with van der Waals surface area (Å²) in [6.45, 7) is 8.45. The van der Waals surface area contributed by atoms with E-state index in [2.05, 4.69) is 75.0 Å². The lowest BCUT2D eigenvalue weighted by Gasteiger charge is -2.18. The molecule has 2 aromatic carbocycles. The Morgan fingerprint density at radius 2 is 1.86 bits per heavy atom. The van der Waals surface area contributed by atoms with Gasteiger partial charge in [0.25, 0.3) is 0 Å². The fourth-order valence-corrected chi connectivity index (χ4v) is 3.34. The van der Waals surface area contributed by atoms with Crippen LogP contribution in [-0.2, 0) is 0 Å². The molecule has 0 heteroatoms. The van der Waals surface area contributed by atoms with Gasteiger partial charge < -0.3 is 0 Å². The molecule has 1 aliphatic rings. The Morgan fingerprint density at radius 3 is 2.55 bits per heavy atom. The number of benzene rings is 2. The fourth-order valence-electron chi connectivity index (χ4n) is 3.34. The van der Waals surface area contributed by atoms with Gasteiger partial charge in [-0.1, -0.05) is 86.5 Å². The Hall–Kier alpha value is -2.08. The summed E-state index contributed by atoms with van der Waals surface area (Å²) in [7, 11) is 0. The fraction of sp³-hybridized carbons (Fsp3) is 0.273. The molecule has 0 heterocycles. The minimum absolute atomic E-state index is 0.525. The van der Waals surface area contributed by atoms with Crippen molar-refractivity contribution >= 4 is 17.2 Å². The van der Waals surface area contributed by atoms with Crippen LogP contribution < -0.4 is 0 Å². The van der Waals surface area contributed by atoms with Gasteiger partial charge in [-0.15, -0.1) is 0 Å². The molecule has 0 saturated heterocycles. The van der Waals surface area contributed by atoms with E-state index in [9.17, 15) is 0 Å². The molecule has 3 rings (SSSR count). The molecule has 22 heavy (non-hydrogen) atoms. The lowest BCUT2D eigenvalue weighted by molar-refractivity contribution is 0.678. The number of allylic oxidation sites excluding steroid dienone is 2. The summed E-state index contributed by atoms with van der Waals surface area (Å²) in [6.07, 6.45) is 6.12. The maximum Gasteiger partial charge on any atom is 0.0102 e. The summed E-state index contributed by atoms with van der Waals surface area (Å²) in [5.41, 5.74) is 8.10. The van der Waals surface area contributed by atoms with Crippen LogP contribution in [0.25, 0.3) is 17.2 Å². The van der Waals surface area contributed by atoms with Gasteiger partial charge in [-0.3, -0.25) is 0 Å². The van der Waals surface area contributed by atoms with Crippen molar-refractivity contribution in [2.75, 3.05) is 0 Å². The maximum atomic E-state index is 4.10. The zero-order valence-electron chi connectivity index (χ0n) is 13.6. The average Bonchev–Trinajstić information content (AvgIpc) is 2.91. The van der Waals surface area contributed by atoms with Crippen molar-refractivity contribution in [1.82, 2.24) is 0 Å². The molecule has 1 unspecified atom stereocenters. The van der Waals surface area contributed by atoms with Gasteiger partial charge in [0.05, 0.1) is 0 Å². The third kappa shape index (κ3) is 2.78. The third-order valence-electron chi connectivity index (χ3n) is 4.59. The Morgan fingerprint density at radius 1 is 1.09 bits per heavy atom. The smallest absolute Gasteiger partial charge is 0.0102 e. The van der Waals surface area contributed by atoms with E-state index >= 15 is 0 Å². The second kappa shape index (κ2) is 6.36. The molecule has 0 nitrogen and oxygen atoms in total. The molecular weight excluding hydrogens is 264 g/mol. The van der Waals surface area contributed by atoms with Crippen LogP contribution in [0.2, 0.25) is 0 Å². The van der Waals surface area contributed by atoms with Crippen LogP contribution in [0, 0.1) is 0 Å². The van der Waals surface area contributed by atoms with E-state index in [-0.39, 0.29) is 0 Å². The molecule has 0 aromatic heterocycles. The van der Waals surface area contributed by atoms with Crippen molar-refractivity contribution in [1.29, 1.82) is 0 Å². The van der Waals surface area contributed by atoms with E-state index in [0.29, 0.717) is 5.92 Å². The van der Waals surface area contributed by atoms with Gasteiger partial charge in [0.1, 0.15) is 0 Å². The molecule has 0 radical (unpaired) electrons. The zero-order chi connectivity index (χ0) is 15.5. The first kappa shape index (κ1) is 14.8. The molecule has 0 aliphatic heterocycles. The molecule has 0 amide bonds. The number of fused-ring (bicyclic) bond motifs is 1. The first-order chi connectivity index (χ1) is 10.7. The normalized spacial score (nSPS) is 16.3. The summed E-state index contributed by atoms with van der Waals surface area (Å²) in [6, 6.07) is 17.6. The van der Waals surface area contributed by atoms with Crippen LogP contribution in [0.3, 0.4) is 0 Å². The third-order valence-corrected chi connectivity index (χ3v) is 4.59. The zero-order valence-corrected chi connectivity index (χ0v) is 13.6. The number of rotatable bonds is 5. The molecule has 2 aromatic rings. The Bertz CT molecular complexity index is 704. The highest BCUT2D eigenvalue weighted by Crippen LogP contribution is 2.45. The van der Waals surface area contributed by atoms with Gasteiger partial charge in [0, 0.05) is 5.92 Å². The van der Waals surface area contributed by atoms with E-state index in [1.54, 1.807) is 0 Å². The number of unbranched alkanes of at least 4 members (excludes halogenated alkanes) is 1. The summed E-state index contributed by atoms with van der Waals surface area (Å²) in [5, 5.41) is 0. The van der Waals surface area contributed by atoms with Crippen molar-refractivity contribution in [3.63, 3.8) is 0 Å². The Balaban J connectivity index is 2.03. The predicted octanol–water partition coefficient (Wildman–Crippen LogP) is 6.55. The SMILES string of the molecule is C=C(C)c1ccc2c(c1)C(CCCC)C(c1ccccc1)=C2. The Kier molecular flexibility index (Phi) is 4.29. The Labute approximate surface area is 134 Å². The van der Waals surface area contributed by atoms with E-state index in [1.807, 2.05) is 0 Å². The standard InChI is InChI=1S/C22H24/c1-4-5-11-20-21(17-9-7-6-8-10-17)15-19-13-12-18(16(2)3)14-22(19)20/h6-10,12-15,20H,2,4-5,11H2,1,3H3. The van der Waals surface area contributed by atoms with Crippen molar-refractivity contribution < 1.29 is 0 Å². The van der Waals surface area contributed by atoms with Crippen molar-refractivity contribution in [3.8, 4) is 0 Å². The van der Waals surface area contributed by atoms with Gasteiger partial charge in [-0.25, -0.2) is 0 Å². The van der Waals surface area contributed by atoms with Gasteiger partial charge in [0.15, 0.2) is 0 Å². The van der Waals surface area contributed by atoms with Crippen LogP contribution in [0.1, 0.15) is 61.3 Å². The molecule has 1 aliphatic carbocycles. The highest BCUT2D eigenvalue weighted by Gasteiger charge is 2.25. The van der Waals surface area contributed by atoms with Crippen LogP contribution >= 0.6 is 0 Å². The van der Waals surface area contributed by atoms with Crippen molar-refractivity contribution in [3.05, 3.63) is 77.4 Å². The maximum absolute atomic E-state index is 4.10. The average molecular weight is 288 g/mol. The molecule has 0 N–H and O–H groups in total. The predicted molar refractivity (Wildman–Crippen MR) is 97.7 cm³/mol. The summed E-state index contributed by atoms with van der Waals surface area (Å²) in [5.74, 6) is 0.525. The van der Waals surface area contributed by atoms with Crippen LogP contribution in [-0.4, -0.2) is 0 Å². The first-order valence-electron chi connectivity index (χ1n) is 8.27. The highest BCUT2D eigenvalue weighted by molar-refractivity contribution is 5.92. The quantitative estimate of drug-likeness (QED) is 0.585. The lowest BCUT2D eigenvalue weighted by atomic mass is 9.86. The summed E-state index contributed by atoms with van der Waals surface area (Å²) < 4.78 is 0. The van der Waals surface area contributed by atoms with E-state index < -0.39 is 0 Å². The molecule has 0 bridgehead atoms. The molecular formula is C22H24. The number of hydrogen-bond acceptors (Lipinski definition) is 0. The van der Waals surface area contributed by atoms with Crippen LogP contribution in [0.5, 0.6) is 0 Å². The molecule has 0 spiro atoms. The van der Waals surface area contributed by atoms with Crippen molar-refractivity contribution in [2.24, 2.45) is 0 Å². The summed E-state index contributed by atoms with van der Waals surface area (Å²) in [4.78, 5) is 0. The van der Waals surface area contributed by atoms with Crippen LogP contribution in [0.4, 0.5) is 0 Å². The lowest BCUT2D eigenvalue weighted by Crippen LogP contribution is -2.00. The van der Waals surface area contributed by atoms with Gasteiger partial charge in [0.2, 0.25) is 0 Å². The second-order valence-corrected chi connectivity index (χ2v) is 6.28. The molecule has 0 fully saturated rings. The minimum Gasteiger partial charge on any atom is -0.0955 e. The van der Waals surface area contributed by atoms with Crippen LogP contribution in [0.15, 0.2) is 55.1 Å². The molecule has 112 valence electrons. The summed E-state index contributed by atoms with van der Waals surface area (Å²) >= 11 is 0. The topological polar surface area (TPSA) is 0 Å². The minimum atomic E-state index is 0.525. The van der Waals surface area contributed by atoms with Gasteiger partial charge in [-0.05, 0) is 41.2 Å². The van der Waals surface area contributed by atoms with Crippen molar-refractivity contribution in [2.45, 2.75) is 39.0 Å². The number of hydrogen-bond donors (Lipinski definition) is 0.